The summed E-state index contributed by atoms with van der Waals surface area (Å²) in [6.45, 7) is 9.77. The van der Waals surface area contributed by atoms with Crippen molar-refractivity contribution in [3.05, 3.63) is 53.6 Å². The molecule has 2 aromatic carbocycles. The van der Waals surface area contributed by atoms with Crippen molar-refractivity contribution in [2.75, 3.05) is 25.9 Å². The highest BCUT2D eigenvalue weighted by atomic mass is 32.2. The van der Waals surface area contributed by atoms with Crippen molar-refractivity contribution in [2.24, 2.45) is 0 Å². The van der Waals surface area contributed by atoms with Crippen molar-refractivity contribution in [2.45, 2.75) is 50.8 Å². The largest absolute Gasteiger partial charge is 0.341 e. The molecule has 1 heterocycles. The number of sulfonamides is 1. The van der Waals surface area contributed by atoms with Crippen LogP contribution in [0.1, 0.15) is 31.9 Å². The van der Waals surface area contributed by atoms with Crippen molar-refractivity contribution in [1.82, 2.24) is 18.8 Å². The molecule has 7 nitrogen and oxygen atoms in total. The average Bonchev–Trinajstić information content (AvgIpc) is 3.16. The van der Waals surface area contributed by atoms with E-state index in [2.05, 4.69) is 4.98 Å². The lowest BCUT2D eigenvalue weighted by molar-refractivity contribution is -0.127. The molecule has 0 bridgehead atoms. The molecule has 0 spiro atoms. The first-order valence-corrected chi connectivity index (χ1v) is 13.6. The van der Waals surface area contributed by atoms with Gasteiger partial charge in [-0.15, -0.1) is 0 Å². The van der Waals surface area contributed by atoms with Crippen molar-refractivity contribution >= 4 is 38.7 Å². The van der Waals surface area contributed by atoms with E-state index in [1.165, 1.54) is 16.1 Å². The number of aryl methyl sites for hydroxylation is 2. The van der Waals surface area contributed by atoms with Gasteiger partial charge in [0.1, 0.15) is 0 Å². The van der Waals surface area contributed by atoms with Crippen molar-refractivity contribution in [3.63, 3.8) is 0 Å². The molecule has 1 aromatic heterocycles. The molecule has 33 heavy (non-hydrogen) atoms. The van der Waals surface area contributed by atoms with Crippen LogP contribution in [-0.4, -0.2) is 59.0 Å². The van der Waals surface area contributed by atoms with Crippen molar-refractivity contribution in [3.8, 4) is 0 Å². The molecule has 0 saturated heterocycles. The summed E-state index contributed by atoms with van der Waals surface area (Å²) in [6, 6.07) is 13.1. The van der Waals surface area contributed by atoms with Crippen LogP contribution in [0.4, 0.5) is 0 Å². The highest BCUT2D eigenvalue weighted by Crippen LogP contribution is 2.27. The van der Waals surface area contributed by atoms with Crippen molar-refractivity contribution in [1.29, 1.82) is 0 Å². The van der Waals surface area contributed by atoms with Crippen LogP contribution in [0.5, 0.6) is 0 Å². The zero-order valence-electron chi connectivity index (χ0n) is 19.9. The molecule has 3 rings (SSSR count). The number of thioether (sulfide) groups is 1. The standard InChI is InChI=1S/C24H32N4O3S2/c1-6-27(7-2)33(30,31)20-13-14-22-21(15-20)25-24(28(22)8-3)32-17-23(29)26(5)16-19-12-10-9-11-18(19)4/h9-15H,6-8,16-17H2,1-5H3. The highest BCUT2D eigenvalue weighted by Gasteiger charge is 2.23. The van der Waals surface area contributed by atoms with E-state index >= 15 is 0 Å². The van der Waals surface area contributed by atoms with Gasteiger partial charge in [0, 0.05) is 33.2 Å². The van der Waals surface area contributed by atoms with E-state index < -0.39 is 10.0 Å². The lowest BCUT2D eigenvalue weighted by atomic mass is 10.1. The minimum absolute atomic E-state index is 0.0164. The van der Waals surface area contributed by atoms with Gasteiger partial charge in [-0.05, 0) is 43.2 Å². The van der Waals surface area contributed by atoms with Crippen LogP contribution in [0.25, 0.3) is 11.0 Å². The summed E-state index contributed by atoms with van der Waals surface area (Å²) in [7, 11) is -1.75. The molecule has 0 radical (unpaired) electrons. The maximum Gasteiger partial charge on any atom is 0.243 e. The van der Waals surface area contributed by atoms with Gasteiger partial charge in [-0.3, -0.25) is 4.79 Å². The molecule has 0 aliphatic rings. The smallest absolute Gasteiger partial charge is 0.243 e. The Labute approximate surface area is 200 Å². The van der Waals surface area contributed by atoms with Crippen LogP contribution in [0.3, 0.4) is 0 Å². The molecule has 0 saturated carbocycles. The van der Waals surface area contributed by atoms with Crippen LogP contribution in [0, 0.1) is 6.92 Å². The lowest BCUT2D eigenvalue weighted by Gasteiger charge is -2.18. The van der Waals surface area contributed by atoms with E-state index in [1.54, 1.807) is 23.1 Å². The molecule has 178 valence electrons. The van der Waals surface area contributed by atoms with Gasteiger partial charge in [0.05, 0.1) is 21.7 Å². The van der Waals surface area contributed by atoms with Crippen LogP contribution >= 0.6 is 11.8 Å². The first kappa shape index (κ1) is 25.3. The maximum atomic E-state index is 12.9. The van der Waals surface area contributed by atoms with Crippen LogP contribution in [0.15, 0.2) is 52.5 Å². The molecular formula is C24H32N4O3S2. The van der Waals surface area contributed by atoms with Gasteiger partial charge in [0.2, 0.25) is 15.9 Å². The number of carbonyl (C=O) groups is 1. The number of carbonyl (C=O) groups excluding carboxylic acids is 1. The van der Waals surface area contributed by atoms with Gasteiger partial charge in [-0.1, -0.05) is 49.9 Å². The predicted molar refractivity (Wildman–Crippen MR) is 134 cm³/mol. The number of nitrogens with zero attached hydrogens (tertiary/aromatic N) is 4. The van der Waals surface area contributed by atoms with Gasteiger partial charge >= 0.3 is 0 Å². The number of hydrogen-bond donors (Lipinski definition) is 0. The Morgan fingerprint density at radius 2 is 1.79 bits per heavy atom. The Bertz CT molecular complexity index is 1230. The molecule has 0 unspecified atom stereocenters. The van der Waals surface area contributed by atoms with Crippen LogP contribution < -0.4 is 0 Å². The van der Waals surface area contributed by atoms with E-state index in [0.29, 0.717) is 36.9 Å². The predicted octanol–water partition coefficient (Wildman–Crippen LogP) is 4.15. The zero-order chi connectivity index (χ0) is 24.2. The summed E-state index contributed by atoms with van der Waals surface area (Å²) in [6.07, 6.45) is 0. The second-order valence-electron chi connectivity index (χ2n) is 7.84. The summed E-state index contributed by atoms with van der Waals surface area (Å²) >= 11 is 1.38. The van der Waals surface area contributed by atoms with Gasteiger partial charge < -0.3 is 9.47 Å². The van der Waals surface area contributed by atoms with Gasteiger partial charge in [-0.2, -0.15) is 4.31 Å². The Hall–Kier alpha value is -2.36. The Morgan fingerprint density at radius 1 is 1.09 bits per heavy atom. The topological polar surface area (TPSA) is 75.5 Å². The van der Waals surface area contributed by atoms with E-state index in [0.717, 1.165) is 16.6 Å². The van der Waals surface area contributed by atoms with E-state index in [4.69, 9.17) is 0 Å². The highest BCUT2D eigenvalue weighted by molar-refractivity contribution is 7.99. The molecule has 0 atom stereocenters. The van der Waals surface area contributed by atoms with E-state index in [-0.39, 0.29) is 16.6 Å². The van der Waals surface area contributed by atoms with Gasteiger partial charge in [0.15, 0.2) is 5.16 Å². The quantitative estimate of drug-likeness (QED) is 0.401. The Morgan fingerprint density at radius 3 is 2.42 bits per heavy atom. The zero-order valence-corrected chi connectivity index (χ0v) is 21.5. The van der Waals surface area contributed by atoms with Crippen LogP contribution in [-0.2, 0) is 27.9 Å². The number of rotatable bonds is 10. The fourth-order valence-electron chi connectivity index (χ4n) is 3.74. The average molecular weight is 489 g/mol. The summed E-state index contributed by atoms with van der Waals surface area (Å²) in [5.41, 5.74) is 3.77. The SMILES string of the molecule is CCN(CC)S(=O)(=O)c1ccc2c(c1)nc(SCC(=O)N(C)Cc1ccccc1C)n2CC. The Kier molecular flexibility index (Phi) is 8.20. The first-order valence-electron chi connectivity index (χ1n) is 11.1. The monoisotopic (exact) mass is 488 g/mol. The summed E-state index contributed by atoms with van der Waals surface area (Å²) < 4.78 is 29.2. The molecule has 9 heteroatoms. The number of amides is 1. The second kappa shape index (κ2) is 10.7. The molecule has 1 amide bonds. The van der Waals surface area contributed by atoms with Gasteiger partial charge in [0.25, 0.3) is 0 Å². The molecule has 3 aromatic rings. The number of imidazole rings is 1. The minimum Gasteiger partial charge on any atom is -0.341 e. The number of benzene rings is 2. The molecule has 0 aliphatic heterocycles. The third-order valence-corrected chi connectivity index (χ3v) is 8.77. The van der Waals surface area contributed by atoms with Crippen molar-refractivity contribution < 1.29 is 13.2 Å². The number of aromatic nitrogens is 2. The molecule has 0 N–H and O–H groups in total. The number of fused-ring (bicyclic) bond motifs is 1. The summed E-state index contributed by atoms with van der Waals surface area (Å²) in [5, 5.41) is 0.711. The second-order valence-corrected chi connectivity index (χ2v) is 10.7. The lowest BCUT2D eigenvalue weighted by Crippen LogP contribution is -2.30. The van der Waals surface area contributed by atoms with E-state index in [9.17, 15) is 13.2 Å². The molecule has 0 fully saturated rings. The fraction of sp³-hybridized carbons (Fsp3) is 0.417. The third kappa shape index (κ3) is 5.42. The number of hydrogen-bond acceptors (Lipinski definition) is 5. The summed E-state index contributed by atoms with van der Waals surface area (Å²) in [4.78, 5) is 19.4. The summed E-state index contributed by atoms with van der Waals surface area (Å²) in [5.74, 6) is 0.277. The van der Waals surface area contributed by atoms with E-state index in [1.807, 2.05) is 63.6 Å². The van der Waals surface area contributed by atoms with Gasteiger partial charge in [-0.25, -0.2) is 13.4 Å². The Balaban J connectivity index is 1.79. The third-order valence-electron chi connectivity index (χ3n) is 5.76. The maximum absolute atomic E-state index is 12.9. The molecular weight excluding hydrogens is 456 g/mol. The van der Waals surface area contributed by atoms with Crippen LogP contribution in [0.2, 0.25) is 0 Å². The normalized spacial score (nSPS) is 11.9. The first-order chi connectivity index (χ1) is 15.7. The fourth-order valence-corrected chi connectivity index (χ4v) is 6.24. The molecule has 0 aliphatic carbocycles. The minimum atomic E-state index is -3.56.